The van der Waals surface area contributed by atoms with Crippen LogP contribution in [0.2, 0.25) is 0 Å². The van der Waals surface area contributed by atoms with Crippen LogP contribution >= 0.6 is 0 Å². The van der Waals surface area contributed by atoms with Crippen LogP contribution in [0.5, 0.6) is 0 Å². The Bertz CT molecular complexity index is 739. The second kappa shape index (κ2) is 11.6. The van der Waals surface area contributed by atoms with Gasteiger partial charge in [0.15, 0.2) is 5.96 Å². The summed E-state index contributed by atoms with van der Waals surface area (Å²) >= 11 is 0. The van der Waals surface area contributed by atoms with Crippen molar-refractivity contribution in [2.75, 3.05) is 40.5 Å². The lowest BCUT2D eigenvalue weighted by atomic mass is 10.1. The Morgan fingerprint density at radius 2 is 1.97 bits per heavy atom. The van der Waals surface area contributed by atoms with E-state index in [1.807, 2.05) is 30.2 Å². The maximum atomic E-state index is 5.97. The third-order valence-electron chi connectivity index (χ3n) is 5.25. The van der Waals surface area contributed by atoms with Crippen LogP contribution < -0.4 is 5.32 Å². The summed E-state index contributed by atoms with van der Waals surface area (Å²) < 4.78 is 13.0. The van der Waals surface area contributed by atoms with E-state index in [1.54, 1.807) is 7.11 Å². The molecule has 0 saturated carbocycles. The van der Waals surface area contributed by atoms with Gasteiger partial charge in [0.05, 0.1) is 12.6 Å². The summed E-state index contributed by atoms with van der Waals surface area (Å²) in [5.74, 6) is 0.955. The van der Waals surface area contributed by atoms with E-state index in [4.69, 9.17) is 9.47 Å². The first-order valence-corrected chi connectivity index (χ1v) is 10.4. The first kappa shape index (κ1) is 21.3. The average Bonchev–Trinajstić information content (AvgIpc) is 3.27. The third kappa shape index (κ3) is 6.58. The number of hydrogen-bond acceptors (Lipinski definition) is 4. The van der Waals surface area contributed by atoms with Crippen LogP contribution in [-0.2, 0) is 22.6 Å². The number of guanidine groups is 1. The van der Waals surface area contributed by atoms with Gasteiger partial charge in [-0.1, -0.05) is 24.3 Å². The highest BCUT2D eigenvalue weighted by Crippen LogP contribution is 2.15. The zero-order valence-electron chi connectivity index (χ0n) is 17.6. The van der Waals surface area contributed by atoms with E-state index in [9.17, 15) is 0 Å². The Hall–Kier alpha value is -2.38. The number of benzene rings is 1. The summed E-state index contributed by atoms with van der Waals surface area (Å²) in [4.78, 5) is 6.82. The van der Waals surface area contributed by atoms with Crippen LogP contribution in [0.3, 0.4) is 0 Å². The molecular weight excluding hydrogens is 366 g/mol. The highest BCUT2D eigenvalue weighted by molar-refractivity contribution is 5.80. The lowest BCUT2D eigenvalue weighted by Gasteiger charge is -2.34. The highest BCUT2D eigenvalue weighted by atomic mass is 16.5. The van der Waals surface area contributed by atoms with Crippen molar-refractivity contribution in [3.05, 3.63) is 53.9 Å². The normalized spacial score (nSPS) is 15.7. The molecule has 29 heavy (non-hydrogen) atoms. The first-order valence-electron chi connectivity index (χ1n) is 10.4. The average molecular weight is 400 g/mol. The van der Waals surface area contributed by atoms with Crippen molar-refractivity contribution in [3.8, 4) is 0 Å². The molecule has 0 radical (unpaired) electrons. The number of aromatic nitrogens is 2. The second-order valence-electron chi connectivity index (χ2n) is 7.28. The molecule has 3 rings (SSSR count). The zero-order valence-corrected chi connectivity index (χ0v) is 17.6. The summed E-state index contributed by atoms with van der Waals surface area (Å²) in [6.07, 6.45) is 7.17. The SMILES string of the molecule is CN=C(NCc1ccccc1Cn1cccn1)N1CCC(OCCCOC)CC1. The standard InChI is InChI=1S/C22H33N5O2/c1-23-22(26-13-9-21(10-14-26)29-16-6-15-28-2)24-17-19-7-3-4-8-20(19)18-27-12-5-11-25-27/h3-5,7-8,11-12,21H,6,9-10,13-18H2,1-2H3,(H,23,24). The molecule has 0 aliphatic carbocycles. The molecule has 7 nitrogen and oxygen atoms in total. The van der Waals surface area contributed by atoms with Gasteiger partial charge in [-0.2, -0.15) is 5.10 Å². The number of hydrogen-bond donors (Lipinski definition) is 1. The van der Waals surface area contributed by atoms with Gasteiger partial charge in [0.2, 0.25) is 0 Å². The van der Waals surface area contributed by atoms with E-state index in [2.05, 4.69) is 44.6 Å². The minimum Gasteiger partial charge on any atom is -0.385 e. The number of aliphatic imine (C=N–C) groups is 1. The Kier molecular flexibility index (Phi) is 8.52. The van der Waals surface area contributed by atoms with Crippen LogP contribution in [0.1, 0.15) is 30.4 Å². The minimum absolute atomic E-state index is 0.344. The molecule has 0 atom stereocenters. The van der Waals surface area contributed by atoms with Gasteiger partial charge in [-0.05, 0) is 36.5 Å². The fourth-order valence-corrected chi connectivity index (χ4v) is 3.65. The monoisotopic (exact) mass is 399 g/mol. The van der Waals surface area contributed by atoms with Crippen molar-refractivity contribution >= 4 is 5.96 Å². The summed E-state index contributed by atoms with van der Waals surface area (Å²) in [5, 5.41) is 7.86. The summed E-state index contributed by atoms with van der Waals surface area (Å²) in [6.45, 7) is 4.98. The Morgan fingerprint density at radius 1 is 1.17 bits per heavy atom. The van der Waals surface area contributed by atoms with Gasteiger partial charge in [0.25, 0.3) is 0 Å². The molecule has 0 unspecified atom stereocenters. The van der Waals surface area contributed by atoms with Crippen molar-refractivity contribution in [2.24, 2.45) is 4.99 Å². The Balaban J connectivity index is 1.48. The molecule has 158 valence electrons. The van der Waals surface area contributed by atoms with Crippen LogP contribution in [0.4, 0.5) is 0 Å². The van der Waals surface area contributed by atoms with Gasteiger partial charge in [-0.25, -0.2) is 0 Å². The molecule has 1 aliphatic heterocycles. The van der Waals surface area contributed by atoms with Gasteiger partial charge >= 0.3 is 0 Å². The maximum absolute atomic E-state index is 5.97. The molecule has 0 amide bonds. The molecule has 0 bridgehead atoms. The molecule has 1 aromatic carbocycles. The summed E-state index contributed by atoms with van der Waals surface area (Å²) in [5.41, 5.74) is 2.53. The van der Waals surface area contributed by atoms with Crippen molar-refractivity contribution in [3.63, 3.8) is 0 Å². The molecule has 1 aliphatic rings. The predicted molar refractivity (Wildman–Crippen MR) is 115 cm³/mol. The van der Waals surface area contributed by atoms with Crippen LogP contribution in [0.25, 0.3) is 0 Å². The van der Waals surface area contributed by atoms with Crippen LogP contribution in [0.15, 0.2) is 47.7 Å². The molecule has 1 N–H and O–H groups in total. The quantitative estimate of drug-likeness (QED) is 0.399. The number of ether oxygens (including phenoxy) is 2. The molecule has 1 aromatic heterocycles. The van der Waals surface area contributed by atoms with Gasteiger partial charge in [0.1, 0.15) is 0 Å². The highest BCUT2D eigenvalue weighted by Gasteiger charge is 2.21. The van der Waals surface area contributed by atoms with E-state index in [1.165, 1.54) is 11.1 Å². The van der Waals surface area contributed by atoms with Crippen molar-refractivity contribution < 1.29 is 9.47 Å². The lowest BCUT2D eigenvalue weighted by Crippen LogP contribution is -2.46. The molecule has 1 fully saturated rings. The van der Waals surface area contributed by atoms with Gasteiger partial charge in [-0.3, -0.25) is 9.67 Å². The van der Waals surface area contributed by atoms with E-state index < -0.39 is 0 Å². The fraction of sp³-hybridized carbons (Fsp3) is 0.545. The summed E-state index contributed by atoms with van der Waals surface area (Å²) in [6, 6.07) is 10.4. The van der Waals surface area contributed by atoms with Crippen molar-refractivity contribution in [1.82, 2.24) is 20.0 Å². The summed E-state index contributed by atoms with van der Waals surface area (Å²) in [7, 11) is 3.58. The Morgan fingerprint density at radius 3 is 2.66 bits per heavy atom. The van der Waals surface area contributed by atoms with Gasteiger partial charge in [-0.15, -0.1) is 0 Å². The number of nitrogens with one attached hydrogen (secondary N) is 1. The first-order chi connectivity index (χ1) is 14.3. The van der Waals surface area contributed by atoms with Crippen molar-refractivity contribution in [1.29, 1.82) is 0 Å². The van der Waals surface area contributed by atoms with Gasteiger partial charge < -0.3 is 19.7 Å². The molecule has 2 heterocycles. The number of methoxy groups -OCH3 is 1. The van der Waals surface area contributed by atoms with E-state index in [-0.39, 0.29) is 0 Å². The predicted octanol–water partition coefficient (Wildman–Crippen LogP) is 2.52. The topological polar surface area (TPSA) is 63.9 Å². The van der Waals surface area contributed by atoms with E-state index in [0.29, 0.717) is 6.10 Å². The number of rotatable bonds is 9. The van der Waals surface area contributed by atoms with E-state index >= 15 is 0 Å². The largest absolute Gasteiger partial charge is 0.385 e. The lowest BCUT2D eigenvalue weighted by molar-refractivity contribution is 0.00989. The second-order valence-corrected chi connectivity index (χ2v) is 7.28. The molecule has 2 aromatic rings. The number of likely N-dealkylation sites (tertiary alicyclic amines) is 1. The number of nitrogens with zero attached hydrogens (tertiary/aromatic N) is 4. The maximum Gasteiger partial charge on any atom is 0.193 e. The molecule has 0 spiro atoms. The number of piperidine rings is 1. The fourth-order valence-electron chi connectivity index (χ4n) is 3.65. The van der Waals surface area contributed by atoms with Crippen molar-refractivity contribution in [2.45, 2.75) is 38.5 Å². The molecule has 7 heteroatoms. The molecular formula is C22H33N5O2. The van der Waals surface area contributed by atoms with Crippen LogP contribution in [-0.4, -0.2) is 67.2 Å². The third-order valence-corrected chi connectivity index (χ3v) is 5.25. The minimum atomic E-state index is 0.344. The zero-order chi connectivity index (χ0) is 20.3. The molecule has 1 saturated heterocycles. The van der Waals surface area contributed by atoms with Crippen LogP contribution in [0, 0.1) is 0 Å². The van der Waals surface area contributed by atoms with Gasteiger partial charge in [0, 0.05) is 59.4 Å². The smallest absolute Gasteiger partial charge is 0.193 e. The Labute approximate surface area is 173 Å². The van der Waals surface area contributed by atoms with E-state index in [0.717, 1.165) is 64.6 Å².